The zero-order chi connectivity index (χ0) is 20.1. The molecule has 0 saturated heterocycles. The molecule has 0 spiro atoms. The summed E-state index contributed by atoms with van der Waals surface area (Å²) in [6.07, 6.45) is -0.222. The fourth-order valence-electron chi connectivity index (χ4n) is 2.40. The fraction of sp³-hybridized carbons (Fsp3) is 0.111. The van der Waals surface area contributed by atoms with Crippen molar-refractivity contribution >= 4 is 11.6 Å². The van der Waals surface area contributed by atoms with Gasteiger partial charge >= 0.3 is 6.36 Å². The molecule has 0 radical (unpaired) electrons. The number of rotatable bonds is 5. The summed E-state index contributed by atoms with van der Waals surface area (Å²) in [5.74, 6) is -1.05. The van der Waals surface area contributed by atoms with Crippen molar-refractivity contribution in [3.8, 4) is 11.4 Å². The molecular weight excluding hydrogens is 378 g/mol. The number of aromatic nitrogens is 2. The van der Waals surface area contributed by atoms with Gasteiger partial charge in [0.2, 0.25) is 0 Å². The third kappa shape index (κ3) is 5.00. The number of aliphatic imine (C=N–C) groups is 1. The van der Waals surface area contributed by atoms with Crippen LogP contribution in [0.25, 0.3) is 5.69 Å². The first-order valence-electron chi connectivity index (χ1n) is 8.00. The summed E-state index contributed by atoms with van der Waals surface area (Å²) in [6, 6.07) is 9.95. The minimum Gasteiger partial charge on any atom is -0.404 e. The molecule has 2 aromatic carbocycles. The van der Waals surface area contributed by atoms with Gasteiger partial charge in [-0.3, -0.25) is 0 Å². The van der Waals surface area contributed by atoms with Gasteiger partial charge in [0.1, 0.15) is 5.82 Å². The molecule has 0 unspecified atom stereocenters. The Hall–Kier alpha value is -3.56. The van der Waals surface area contributed by atoms with E-state index in [1.165, 1.54) is 41.4 Å². The molecule has 0 aliphatic rings. The Morgan fingerprint density at radius 2 is 2.00 bits per heavy atom. The minimum atomic E-state index is -4.84. The normalized spacial score (nSPS) is 12.1. The standard InChI is InChI=1S/C18H15F4N5O/c19-13-9-12(5-6-15(13)27-8-7-24-11-27)10-25-17(23)26-14-3-1-2-4-16(14)28-18(20,21)22/h1-9,11H,10H2,(H3,23,25,26). The Labute approximate surface area is 157 Å². The predicted octanol–water partition coefficient (Wildman–Crippen LogP) is 3.84. The van der Waals surface area contributed by atoms with E-state index in [4.69, 9.17) is 5.73 Å². The second kappa shape index (κ2) is 7.99. The van der Waals surface area contributed by atoms with Gasteiger partial charge < -0.3 is 20.4 Å². The van der Waals surface area contributed by atoms with Crippen LogP contribution in [0.5, 0.6) is 5.75 Å². The van der Waals surface area contributed by atoms with E-state index in [9.17, 15) is 17.6 Å². The zero-order valence-electron chi connectivity index (χ0n) is 14.3. The summed E-state index contributed by atoms with van der Waals surface area (Å²) in [4.78, 5) is 7.88. The molecule has 0 saturated carbocycles. The number of benzene rings is 2. The van der Waals surface area contributed by atoms with Crippen LogP contribution in [0.4, 0.5) is 23.2 Å². The van der Waals surface area contributed by atoms with Crippen LogP contribution >= 0.6 is 0 Å². The van der Waals surface area contributed by atoms with E-state index < -0.39 is 17.9 Å². The van der Waals surface area contributed by atoms with E-state index in [1.807, 2.05) is 0 Å². The molecule has 0 aliphatic heterocycles. The van der Waals surface area contributed by atoms with Crippen molar-refractivity contribution in [1.82, 2.24) is 9.55 Å². The third-order valence-corrected chi connectivity index (χ3v) is 3.60. The summed E-state index contributed by atoms with van der Waals surface area (Å²) in [5, 5.41) is 2.55. The number of halogens is 4. The van der Waals surface area contributed by atoms with E-state index in [1.54, 1.807) is 18.3 Å². The number of para-hydroxylation sites is 2. The summed E-state index contributed by atoms with van der Waals surface area (Å²) in [7, 11) is 0. The molecule has 0 aliphatic carbocycles. The van der Waals surface area contributed by atoms with Crippen molar-refractivity contribution in [2.45, 2.75) is 12.9 Å². The second-order valence-corrected chi connectivity index (χ2v) is 5.63. The highest BCUT2D eigenvalue weighted by Crippen LogP contribution is 2.29. The number of hydrogen-bond acceptors (Lipinski definition) is 3. The first-order valence-corrected chi connectivity index (χ1v) is 8.00. The Balaban J connectivity index is 1.69. The van der Waals surface area contributed by atoms with Gasteiger partial charge in [-0.1, -0.05) is 18.2 Å². The molecule has 3 aromatic rings. The number of nitrogens with two attached hydrogens (primary N) is 1. The highest BCUT2D eigenvalue weighted by Gasteiger charge is 2.32. The summed E-state index contributed by atoms with van der Waals surface area (Å²) >= 11 is 0. The number of ether oxygens (including phenoxy) is 1. The van der Waals surface area contributed by atoms with Crippen LogP contribution in [0.1, 0.15) is 5.56 Å². The van der Waals surface area contributed by atoms with Crippen LogP contribution < -0.4 is 15.8 Å². The number of nitrogens with one attached hydrogen (secondary N) is 1. The van der Waals surface area contributed by atoms with Gasteiger partial charge in [0, 0.05) is 12.4 Å². The molecule has 10 heteroatoms. The predicted molar refractivity (Wildman–Crippen MR) is 95.6 cm³/mol. The number of anilines is 1. The van der Waals surface area contributed by atoms with Gasteiger partial charge in [0.15, 0.2) is 11.7 Å². The average Bonchev–Trinajstić information content (AvgIpc) is 3.15. The van der Waals surface area contributed by atoms with E-state index in [0.717, 1.165) is 6.07 Å². The maximum atomic E-state index is 14.2. The molecule has 0 bridgehead atoms. The van der Waals surface area contributed by atoms with Crippen LogP contribution in [-0.4, -0.2) is 21.9 Å². The van der Waals surface area contributed by atoms with E-state index in [-0.39, 0.29) is 18.2 Å². The highest BCUT2D eigenvalue weighted by atomic mass is 19.4. The van der Waals surface area contributed by atoms with Crippen molar-refractivity contribution in [2.24, 2.45) is 10.7 Å². The van der Waals surface area contributed by atoms with Crippen LogP contribution in [0, 0.1) is 5.82 Å². The SMILES string of the molecule is NC(=NCc1ccc(-n2ccnc2)c(F)c1)Nc1ccccc1OC(F)(F)F. The number of hydrogen-bond donors (Lipinski definition) is 2. The van der Waals surface area contributed by atoms with E-state index >= 15 is 0 Å². The lowest BCUT2D eigenvalue weighted by Gasteiger charge is -2.14. The fourth-order valence-corrected chi connectivity index (χ4v) is 2.40. The Kier molecular flexibility index (Phi) is 5.48. The smallest absolute Gasteiger partial charge is 0.404 e. The van der Waals surface area contributed by atoms with Crippen molar-refractivity contribution < 1.29 is 22.3 Å². The molecule has 0 amide bonds. The molecule has 6 nitrogen and oxygen atoms in total. The molecule has 3 rings (SSSR count). The Bertz CT molecular complexity index is 970. The first kappa shape index (κ1) is 19.2. The molecule has 146 valence electrons. The minimum absolute atomic E-state index is 0.00251. The number of nitrogens with zero attached hydrogens (tertiary/aromatic N) is 3. The van der Waals surface area contributed by atoms with Gasteiger partial charge in [-0.05, 0) is 29.8 Å². The lowest BCUT2D eigenvalue weighted by Crippen LogP contribution is -2.24. The Morgan fingerprint density at radius 3 is 2.68 bits per heavy atom. The molecular formula is C18H15F4N5O. The zero-order valence-corrected chi connectivity index (χ0v) is 14.3. The largest absolute Gasteiger partial charge is 0.573 e. The molecule has 28 heavy (non-hydrogen) atoms. The molecule has 1 aromatic heterocycles. The van der Waals surface area contributed by atoms with Crippen LogP contribution in [0.15, 0.2) is 66.2 Å². The highest BCUT2D eigenvalue weighted by molar-refractivity contribution is 5.93. The lowest BCUT2D eigenvalue weighted by atomic mass is 10.2. The van der Waals surface area contributed by atoms with Crippen LogP contribution in [0.2, 0.25) is 0 Å². The number of guanidine groups is 1. The molecule has 0 fully saturated rings. The quantitative estimate of drug-likeness (QED) is 0.392. The first-order chi connectivity index (χ1) is 13.3. The monoisotopic (exact) mass is 393 g/mol. The molecule has 3 N–H and O–H groups in total. The number of alkyl halides is 3. The van der Waals surface area contributed by atoms with Gasteiger partial charge in [-0.15, -0.1) is 13.2 Å². The van der Waals surface area contributed by atoms with Crippen molar-refractivity contribution in [3.63, 3.8) is 0 Å². The van der Waals surface area contributed by atoms with Crippen molar-refractivity contribution in [2.75, 3.05) is 5.32 Å². The van der Waals surface area contributed by atoms with E-state index in [2.05, 4.69) is 20.0 Å². The maximum absolute atomic E-state index is 14.2. The summed E-state index contributed by atoms with van der Waals surface area (Å²) < 4.78 is 57.0. The third-order valence-electron chi connectivity index (χ3n) is 3.60. The van der Waals surface area contributed by atoms with E-state index in [0.29, 0.717) is 11.3 Å². The van der Waals surface area contributed by atoms with Crippen LogP contribution in [-0.2, 0) is 6.54 Å². The number of imidazole rings is 1. The van der Waals surface area contributed by atoms with Crippen molar-refractivity contribution in [3.05, 3.63) is 72.6 Å². The molecule has 1 heterocycles. The van der Waals surface area contributed by atoms with Gasteiger partial charge in [-0.2, -0.15) is 0 Å². The van der Waals surface area contributed by atoms with Gasteiger partial charge in [0.05, 0.1) is 24.2 Å². The van der Waals surface area contributed by atoms with Crippen LogP contribution in [0.3, 0.4) is 0 Å². The summed E-state index contributed by atoms with van der Waals surface area (Å²) in [5.41, 5.74) is 6.59. The topological polar surface area (TPSA) is 77.5 Å². The average molecular weight is 393 g/mol. The van der Waals surface area contributed by atoms with Crippen molar-refractivity contribution in [1.29, 1.82) is 0 Å². The molecule has 0 atom stereocenters. The van der Waals surface area contributed by atoms with Gasteiger partial charge in [0.25, 0.3) is 0 Å². The van der Waals surface area contributed by atoms with Gasteiger partial charge in [-0.25, -0.2) is 14.4 Å². The lowest BCUT2D eigenvalue weighted by molar-refractivity contribution is -0.274. The second-order valence-electron chi connectivity index (χ2n) is 5.63. The Morgan fingerprint density at radius 1 is 1.21 bits per heavy atom. The maximum Gasteiger partial charge on any atom is 0.573 e. The summed E-state index contributed by atoms with van der Waals surface area (Å²) in [6.45, 7) is 0.0300.